The van der Waals surface area contributed by atoms with E-state index in [1.165, 1.54) is 12.3 Å². The van der Waals surface area contributed by atoms with Gasteiger partial charge in [0.2, 0.25) is 5.91 Å². The van der Waals surface area contributed by atoms with E-state index in [-0.39, 0.29) is 11.8 Å². The standard InChI is InChI=1S/C21H18ClN3O3S/c1-13-5-3-8-16(22)19(13)25-20(27)17-12-23-21(29-17)24-18(26)10-9-14-6-4-7-15(11-14)28-2/h3-12H,1-2H3,(H,25,27)(H,23,24,26)/b10-9+. The molecule has 29 heavy (non-hydrogen) atoms. The van der Waals surface area contributed by atoms with Crippen molar-refractivity contribution in [1.29, 1.82) is 0 Å². The van der Waals surface area contributed by atoms with Crippen molar-refractivity contribution in [3.63, 3.8) is 0 Å². The molecule has 0 aliphatic rings. The van der Waals surface area contributed by atoms with Crippen LogP contribution in [0.15, 0.2) is 54.7 Å². The monoisotopic (exact) mass is 427 g/mol. The zero-order chi connectivity index (χ0) is 20.8. The molecule has 1 heterocycles. The van der Waals surface area contributed by atoms with Crippen LogP contribution >= 0.6 is 22.9 Å². The molecule has 3 rings (SSSR count). The number of halogens is 1. The molecule has 2 N–H and O–H groups in total. The first-order chi connectivity index (χ1) is 14.0. The average Bonchev–Trinajstić information content (AvgIpc) is 3.18. The predicted molar refractivity (Wildman–Crippen MR) is 117 cm³/mol. The topological polar surface area (TPSA) is 80.3 Å². The van der Waals surface area contributed by atoms with Gasteiger partial charge >= 0.3 is 0 Å². The van der Waals surface area contributed by atoms with Crippen LogP contribution in [-0.2, 0) is 4.79 Å². The number of nitrogens with zero attached hydrogens (tertiary/aromatic N) is 1. The summed E-state index contributed by atoms with van der Waals surface area (Å²) >= 11 is 7.22. The number of benzene rings is 2. The molecule has 8 heteroatoms. The maximum Gasteiger partial charge on any atom is 0.267 e. The highest BCUT2D eigenvalue weighted by Crippen LogP contribution is 2.27. The number of methoxy groups -OCH3 is 1. The third kappa shape index (κ3) is 5.43. The van der Waals surface area contributed by atoms with Gasteiger partial charge in [-0.05, 0) is 42.3 Å². The first-order valence-electron chi connectivity index (χ1n) is 8.61. The molecule has 0 radical (unpaired) electrons. The van der Waals surface area contributed by atoms with E-state index in [9.17, 15) is 9.59 Å². The van der Waals surface area contributed by atoms with Gasteiger partial charge in [-0.2, -0.15) is 0 Å². The molecule has 0 saturated heterocycles. The lowest BCUT2D eigenvalue weighted by Gasteiger charge is -2.08. The largest absolute Gasteiger partial charge is 0.497 e. The number of carbonyl (C=O) groups is 2. The number of aryl methyl sites for hydroxylation is 1. The summed E-state index contributed by atoms with van der Waals surface area (Å²) in [6, 6.07) is 12.7. The van der Waals surface area contributed by atoms with E-state index in [1.807, 2.05) is 43.3 Å². The summed E-state index contributed by atoms with van der Waals surface area (Å²) in [5.74, 6) is 0.0130. The molecule has 0 atom stereocenters. The second-order valence-electron chi connectivity index (χ2n) is 6.01. The SMILES string of the molecule is COc1cccc(/C=C/C(=O)Nc2ncc(C(=O)Nc3c(C)cccc3Cl)s2)c1. The van der Waals surface area contributed by atoms with Crippen LogP contribution in [0.3, 0.4) is 0 Å². The van der Waals surface area contributed by atoms with Crippen molar-refractivity contribution in [3.05, 3.63) is 75.8 Å². The smallest absolute Gasteiger partial charge is 0.267 e. The molecule has 0 aliphatic heterocycles. The van der Waals surface area contributed by atoms with Crippen molar-refractivity contribution in [3.8, 4) is 5.75 Å². The molecule has 1 aromatic heterocycles. The van der Waals surface area contributed by atoms with Gasteiger partial charge in [-0.25, -0.2) is 4.98 Å². The van der Waals surface area contributed by atoms with Crippen molar-refractivity contribution in [2.45, 2.75) is 6.92 Å². The molecule has 3 aromatic rings. The molecule has 0 unspecified atom stereocenters. The molecule has 0 fully saturated rings. The maximum atomic E-state index is 12.5. The number of rotatable bonds is 6. The first kappa shape index (κ1) is 20.6. The summed E-state index contributed by atoms with van der Waals surface area (Å²) in [4.78, 5) is 29.0. The highest BCUT2D eigenvalue weighted by molar-refractivity contribution is 7.17. The Labute approximate surface area is 177 Å². The van der Waals surface area contributed by atoms with Crippen LogP contribution in [0.4, 0.5) is 10.8 Å². The van der Waals surface area contributed by atoms with Gasteiger partial charge in [0.25, 0.3) is 5.91 Å². The Hall–Kier alpha value is -3.16. The molecular weight excluding hydrogens is 410 g/mol. The highest BCUT2D eigenvalue weighted by atomic mass is 35.5. The predicted octanol–water partition coefficient (Wildman–Crippen LogP) is 5.02. The number of aromatic nitrogens is 1. The number of para-hydroxylation sites is 1. The van der Waals surface area contributed by atoms with Crippen molar-refractivity contribution < 1.29 is 14.3 Å². The van der Waals surface area contributed by atoms with Crippen molar-refractivity contribution in [1.82, 2.24) is 4.98 Å². The lowest BCUT2D eigenvalue weighted by atomic mass is 10.2. The maximum absolute atomic E-state index is 12.5. The minimum absolute atomic E-state index is 0.325. The van der Waals surface area contributed by atoms with Gasteiger partial charge < -0.3 is 10.1 Å². The van der Waals surface area contributed by atoms with Crippen LogP contribution in [0.25, 0.3) is 6.08 Å². The minimum atomic E-state index is -0.351. The molecule has 0 saturated carbocycles. The van der Waals surface area contributed by atoms with Gasteiger partial charge in [0, 0.05) is 6.08 Å². The zero-order valence-electron chi connectivity index (χ0n) is 15.7. The summed E-state index contributed by atoms with van der Waals surface area (Å²) in [5, 5.41) is 6.21. The van der Waals surface area contributed by atoms with Gasteiger partial charge in [-0.15, -0.1) is 0 Å². The second kappa shape index (κ2) is 9.36. The van der Waals surface area contributed by atoms with Crippen LogP contribution in [0.5, 0.6) is 5.75 Å². The van der Waals surface area contributed by atoms with E-state index >= 15 is 0 Å². The fraction of sp³-hybridized carbons (Fsp3) is 0.0952. The summed E-state index contributed by atoms with van der Waals surface area (Å²) in [5.41, 5.74) is 2.24. The second-order valence-corrected chi connectivity index (χ2v) is 7.45. The molecule has 0 bridgehead atoms. The number of anilines is 2. The van der Waals surface area contributed by atoms with E-state index in [2.05, 4.69) is 15.6 Å². The van der Waals surface area contributed by atoms with Crippen molar-refractivity contribution >= 4 is 51.6 Å². The van der Waals surface area contributed by atoms with Gasteiger partial charge in [0.05, 0.1) is 24.0 Å². The number of nitrogens with one attached hydrogen (secondary N) is 2. The van der Waals surface area contributed by atoms with Crippen molar-refractivity contribution in [2.75, 3.05) is 17.7 Å². The number of amides is 2. The van der Waals surface area contributed by atoms with Crippen LogP contribution < -0.4 is 15.4 Å². The van der Waals surface area contributed by atoms with Crippen LogP contribution in [0.2, 0.25) is 5.02 Å². The summed E-state index contributed by atoms with van der Waals surface area (Å²) in [6.07, 6.45) is 4.47. The Morgan fingerprint density at radius 3 is 2.72 bits per heavy atom. The van der Waals surface area contributed by atoms with Gasteiger partial charge in [0.1, 0.15) is 10.6 Å². The Morgan fingerprint density at radius 1 is 1.17 bits per heavy atom. The summed E-state index contributed by atoms with van der Waals surface area (Å²) in [7, 11) is 1.58. The molecular formula is C21H18ClN3O3S. The van der Waals surface area contributed by atoms with E-state index in [4.69, 9.17) is 16.3 Å². The van der Waals surface area contributed by atoms with Crippen molar-refractivity contribution in [2.24, 2.45) is 0 Å². The lowest BCUT2D eigenvalue weighted by Crippen LogP contribution is -2.11. The normalized spacial score (nSPS) is 10.7. The minimum Gasteiger partial charge on any atom is -0.497 e. The zero-order valence-corrected chi connectivity index (χ0v) is 17.3. The molecule has 148 valence electrons. The number of thiazole rings is 1. The third-order valence-electron chi connectivity index (χ3n) is 3.94. The van der Waals surface area contributed by atoms with Crippen LogP contribution in [0.1, 0.15) is 20.8 Å². The van der Waals surface area contributed by atoms with Gasteiger partial charge in [0.15, 0.2) is 5.13 Å². The molecule has 2 amide bonds. The average molecular weight is 428 g/mol. The summed E-state index contributed by atoms with van der Waals surface area (Å²) < 4.78 is 5.15. The number of carbonyl (C=O) groups excluding carboxylic acids is 2. The fourth-order valence-corrected chi connectivity index (χ4v) is 3.45. The van der Waals surface area contributed by atoms with Gasteiger partial charge in [-0.1, -0.05) is 47.2 Å². The fourth-order valence-electron chi connectivity index (χ4n) is 2.47. The third-order valence-corrected chi connectivity index (χ3v) is 5.17. The van der Waals surface area contributed by atoms with E-state index in [0.29, 0.717) is 26.5 Å². The van der Waals surface area contributed by atoms with E-state index in [1.54, 1.807) is 19.3 Å². The van der Waals surface area contributed by atoms with Crippen LogP contribution in [0, 0.1) is 6.92 Å². The molecule has 6 nitrogen and oxygen atoms in total. The van der Waals surface area contributed by atoms with E-state index < -0.39 is 0 Å². The number of hydrogen-bond donors (Lipinski definition) is 2. The summed E-state index contributed by atoms with van der Waals surface area (Å²) in [6.45, 7) is 1.86. The molecule has 0 spiro atoms. The van der Waals surface area contributed by atoms with Crippen LogP contribution in [-0.4, -0.2) is 23.9 Å². The number of hydrogen-bond acceptors (Lipinski definition) is 5. The molecule has 0 aliphatic carbocycles. The quantitative estimate of drug-likeness (QED) is 0.541. The number of ether oxygens (including phenoxy) is 1. The Kier molecular flexibility index (Phi) is 6.64. The Balaban J connectivity index is 1.63. The van der Waals surface area contributed by atoms with E-state index in [0.717, 1.165) is 22.5 Å². The Bertz CT molecular complexity index is 1060. The first-order valence-corrected chi connectivity index (χ1v) is 9.81. The molecule has 2 aromatic carbocycles. The Morgan fingerprint density at radius 2 is 1.97 bits per heavy atom. The van der Waals surface area contributed by atoms with Gasteiger partial charge in [-0.3, -0.25) is 14.9 Å². The lowest BCUT2D eigenvalue weighted by molar-refractivity contribution is -0.111. The highest BCUT2D eigenvalue weighted by Gasteiger charge is 2.14.